The summed E-state index contributed by atoms with van der Waals surface area (Å²) in [6.07, 6.45) is 0. The van der Waals surface area contributed by atoms with E-state index in [1.807, 2.05) is 54.6 Å². The Morgan fingerprint density at radius 3 is 1.36 bits per heavy atom. The van der Waals surface area contributed by atoms with E-state index < -0.39 is 5.41 Å². The maximum atomic E-state index is 14.9. The maximum Gasteiger partial charge on any atom is 0.182 e. The number of rotatable bonds is 7. The van der Waals surface area contributed by atoms with Crippen LogP contribution in [0.3, 0.4) is 0 Å². The summed E-state index contributed by atoms with van der Waals surface area (Å²) in [7, 11) is 0. The second-order valence-electron chi connectivity index (χ2n) is 9.33. The van der Waals surface area contributed by atoms with E-state index in [4.69, 9.17) is 0 Å². The molecule has 0 amide bonds. The number of benzene rings is 4. The molecule has 0 fully saturated rings. The molecule has 0 aliphatic rings. The molecule has 0 atom stereocenters. The molecule has 0 N–H and O–H groups in total. The molecule has 0 aliphatic carbocycles. The first-order valence-electron chi connectivity index (χ1n) is 11.8. The van der Waals surface area contributed by atoms with Crippen molar-refractivity contribution >= 4 is 5.78 Å². The van der Waals surface area contributed by atoms with Crippen molar-refractivity contribution in [3.05, 3.63) is 143 Å². The predicted octanol–water partition coefficient (Wildman–Crippen LogP) is 8.15. The van der Waals surface area contributed by atoms with Gasteiger partial charge in [-0.1, -0.05) is 137 Å². The van der Waals surface area contributed by atoms with E-state index in [0.29, 0.717) is 5.92 Å². The van der Waals surface area contributed by atoms with Crippen molar-refractivity contribution in [1.82, 2.24) is 0 Å². The Hall–Kier alpha value is -3.45. The molecule has 0 bridgehead atoms. The Labute approximate surface area is 198 Å². The predicted molar refractivity (Wildman–Crippen MR) is 138 cm³/mol. The summed E-state index contributed by atoms with van der Waals surface area (Å²) in [4.78, 5) is 14.9. The molecule has 33 heavy (non-hydrogen) atoms. The van der Waals surface area contributed by atoms with Gasteiger partial charge in [0.05, 0.1) is 0 Å². The molecule has 0 aromatic heterocycles. The monoisotopic (exact) mass is 432 g/mol. The molecule has 1 nitrogen and oxygen atoms in total. The van der Waals surface area contributed by atoms with Gasteiger partial charge in [-0.3, -0.25) is 4.79 Å². The Balaban J connectivity index is 2.08. The van der Waals surface area contributed by atoms with Crippen molar-refractivity contribution < 1.29 is 4.79 Å². The molecule has 0 saturated carbocycles. The van der Waals surface area contributed by atoms with Crippen LogP contribution in [0, 0.1) is 0 Å². The summed E-state index contributed by atoms with van der Waals surface area (Å²) in [5.41, 5.74) is 5.18. The van der Waals surface area contributed by atoms with E-state index >= 15 is 0 Å². The van der Waals surface area contributed by atoms with E-state index in [1.54, 1.807) is 0 Å². The van der Waals surface area contributed by atoms with Gasteiger partial charge in [-0.2, -0.15) is 0 Å². The SMILES string of the molecule is CC(C)c1ccc(C(=O)C(c2ccccc2)(c2ccccc2)c2ccccc2)c(C(C)C)c1. The number of hydrogen-bond acceptors (Lipinski definition) is 1. The van der Waals surface area contributed by atoms with E-state index in [0.717, 1.165) is 27.8 Å². The van der Waals surface area contributed by atoms with Gasteiger partial charge in [-0.25, -0.2) is 0 Å². The lowest BCUT2D eigenvalue weighted by Gasteiger charge is -2.35. The highest BCUT2D eigenvalue weighted by Gasteiger charge is 2.44. The van der Waals surface area contributed by atoms with E-state index in [1.165, 1.54) is 5.56 Å². The quantitative estimate of drug-likeness (QED) is 0.213. The highest BCUT2D eigenvalue weighted by molar-refractivity contribution is 6.10. The Morgan fingerprint density at radius 1 is 0.576 bits per heavy atom. The van der Waals surface area contributed by atoms with Crippen LogP contribution < -0.4 is 0 Å². The summed E-state index contributed by atoms with van der Waals surface area (Å²) >= 11 is 0. The number of carbonyl (C=O) groups is 1. The molecular weight excluding hydrogens is 400 g/mol. The molecule has 0 heterocycles. The van der Waals surface area contributed by atoms with Crippen LogP contribution in [0.15, 0.2) is 109 Å². The van der Waals surface area contributed by atoms with Gasteiger partial charge in [-0.05, 0) is 39.7 Å². The van der Waals surface area contributed by atoms with Crippen LogP contribution in [0.1, 0.15) is 77.7 Å². The van der Waals surface area contributed by atoms with Crippen molar-refractivity contribution in [2.45, 2.75) is 44.9 Å². The van der Waals surface area contributed by atoms with Crippen LogP contribution in [-0.4, -0.2) is 5.78 Å². The zero-order valence-electron chi connectivity index (χ0n) is 20.0. The molecule has 166 valence electrons. The summed E-state index contributed by atoms with van der Waals surface area (Å²) in [6, 6.07) is 37.0. The average molecular weight is 433 g/mol. The molecule has 0 unspecified atom stereocenters. The zero-order chi connectivity index (χ0) is 23.4. The van der Waals surface area contributed by atoms with Gasteiger partial charge in [-0.15, -0.1) is 0 Å². The molecule has 4 aromatic rings. The molecular formula is C32H32O. The summed E-state index contributed by atoms with van der Waals surface area (Å²) in [6.45, 7) is 8.74. The van der Waals surface area contributed by atoms with Gasteiger partial charge in [0.15, 0.2) is 5.78 Å². The van der Waals surface area contributed by atoms with Gasteiger partial charge in [0.25, 0.3) is 0 Å². The van der Waals surface area contributed by atoms with Crippen molar-refractivity contribution in [3.63, 3.8) is 0 Å². The third kappa shape index (κ3) is 4.16. The molecule has 4 aromatic carbocycles. The Kier molecular flexibility index (Phi) is 6.60. The van der Waals surface area contributed by atoms with Crippen molar-refractivity contribution in [2.24, 2.45) is 0 Å². The summed E-state index contributed by atoms with van der Waals surface area (Å²) < 4.78 is 0. The van der Waals surface area contributed by atoms with Crippen LogP contribution >= 0.6 is 0 Å². The normalized spacial score (nSPS) is 11.7. The van der Waals surface area contributed by atoms with Crippen LogP contribution in [0.2, 0.25) is 0 Å². The van der Waals surface area contributed by atoms with Gasteiger partial charge in [0, 0.05) is 5.56 Å². The topological polar surface area (TPSA) is 17.1 Å². The van der Waals surface area contributed by atoms with Gasteiger partial charge in [0.2, 0.25) is 0 Å². The maximum absolute atomic E-state index is 14.9. The third-order valence-electron chi connectivity index (χ3n) is 6.57. The van der Waals surface area contributed by atoms with Gasteiger partial charge >= 0.3 is 0 Å². The first kappa shape index (κ1) is 22.7. The van der Waals surface area contributed by atoms with Crippen molar-refractivity contribution in [2.75, 3.05) is 0 Å². The Morgan fingerprint density at radius 2 is 1.00 bits per heavy atom. The second kappa shape index (κ2) is 9.58. The van der Waals surface area contributed by atoms with Gasteiger partial charge < -0.3 is 0 Å². The largest absolute Gasteiger partial charge is 0.292 e. The third-order valence-corrected chi connectivity index (χ3v) is 6.57. The fourth-order valence-electron chi connectivity index (χ4n) is 4.78. The molecule has 0 radical (unpaired) electrons. The number of hydrogen-bond donors (Lipinski definition) is 0. The van der Waals surface area contributed by atoms with E-state index in [-0.39, 0.29) is 11.7 Å². The van der Waals surface area contributed by atoms with E-state index in [2.05, 4.69) is 82.3 Å². The number of Topliss-reactive ketones (excluding diaryl/α,β-unsaturated/α-hetero) is 1. The lowest BCUT2D eigenvalue weighted by atomic mass is 9.64. The highest BCUT2D eigenvalue weighted by Crippen LogP contribution is 2.43. The highest BCUT2D eigenvalue weighted by atomic mass is 16.1. The lowest BCUT2D eigenvalue weighted by Crippen LogP contribution is -2.39. The van der Waals surface area contributed by atoms with Crippen molar-refractivity contribution in [1.29, 1.82) is 0 Å². The molecule has 1 heteroatoms. The fraction of sp³-hybridized carbons (Fsp3) is 0.219. The van der Waals surface area contributed by atoms with Crippen LogP contribution in [0.5, 0.6) is 0 Å². The average Bonchev–Trinajstić information content (AvgIpc) is 2.86. The molecule has 4 rings (SSSR count). The number of ketones is 1. The fourth-order valence-corrected chi connectivity index (χ4v) is 4.78. The van der Waals surface area contributed by atoms with Crippen molar-refractivity contribution in [3.8, 4) is 0 Å². The first-order valence-corrected chi connectivity index (χ1v) is 11.8. The van der Waals surface area contributed by atoms with Crippen LogP contribution in [-0.2, 0) is 5.41 Å². The minimum Gasteiger partial charge on any atom is -0.292 e. The summed E-state index contributed by atoms with van der Waals surface area (Å²) in [5.74, 6) is 0.765. The molecule has 0 aliphatic heterocycles. The lowest BCUT2D eigenvalue weighted by molar-refractivity contribution is 0.0933. The molecule has 0 saturated heterocycles. The minimum atomic E-state index is -0.938. The smallest absolute Gasteiger partial charge is 0.182 e. The minimum absolute atomic E-state index is 0.116. The standard InChI is InChI=1S/C32H32O/c1-23(2)25-20-21-29(30(22-25)24(3)4)31(33)32(26-14-8-5-9-15-26,27-16-10-6-11-17-27)28-18-12-7-13-19-28/h5-24H,1-4H3. The number of carbonyl (C=O) groups excluding carboxylic acids is 1. The van der Waals surface area contributed by atoms with Crippen LogP contribution in [0.4, 0.5) is 0 Å². The Bertz CT molecular complexity index is 1110. The zero-order valence-corrected chi connectivity index (χ0v) is 20.0. The van der Waals surface area contributed by atoms with E-state index in [9.17, 15) is 4.79 Å². The molecule has 0 spiro atoms. The van der Waals surface area contributed by atoms with Gasteiger partial charge in [0.1, 0.15) is 5.41 Å². The second-order valence-corrected chi connectivity index (χ2v) is 9.33. The van der Waals surface area contributed by atoms with Crippen LogP contribution in [0.25, 0.3) is 0 Å². The summed E-state index contributed by atoms with van der Waals surface area (Å²) in [5, 5.41) is 0. The first-order chi connectivity index (χ1) is 16.0.